The van der Waals surface area contributed by atoms with Crippen molar-refractivity contribution in [2.24, 2.45) is 0 Å². The number of thiazole rings is 1. The first-order chi connectivity index (χ1) is 15.5. The van der Waals surface area contributed by atoms with Crippen molar-refractivity contribution in [3.63, 3.8) is 0 Å². The number of ether oxygens (including phenoxy) is 1. The van der Waals surface area contributed by atoms with Crippen molar-refractivity contribution in [2.45, 2.75) is 13.3 Å². The molecule has 0 saturated heterocycles. The number of halogens is 3. The van der Waals surface area contributed by atoms with Crippen molar-refractivity contribution in [3.8, 4) is 0 Å². The van der Waals surface area contributed by atoms with Gasteiger partial charge in [0.1, 0.15) is 22.4 Å². The fraction of sp³-hybridized carbons (Fsp3) is 0.412. The first-order valence-electron chi connectivity index (χ1n) is 9.09. The van der Waals surface area contributed by atoms with Gasteiger partial charge >= 0.3 is 0 Å². The third-order valence-corrected chi connectivity index (χ3v) is 4.05. The van der Waals surface area contributed by atoms with E-state index in [1.54, 1.807) is 5.38 Å². The van der Waals surface area contributed by atoms with Gasteiger partial charge in [-0.05, 0) is 25.5 Å². The predicted molar refractivity (Wildman–Crippen MR) is 125 cm³/mol. The number of hydrogen-bond donors (Lipinski definition) is 4. The van der Waals surface area contributed by atoms with Crippen LogP contribution in [0.2, 0.25) is 5.02 Å². The number of rotatable bonds is 8. The molecule has 0 aliphatic carbocycles. The Morgan fingerprint density at radius 3 is 2.12 bits per heavy atom. The van der Waals surface area contributed by atoms with Crippen molar-refractivity contribution in [1.29, 1.82) is 0 Å². The lowest BCUT2D eigenvalue weighted by Gasteiger charge is -2.05. The Bertz CT molecular complexity index is 1080. The number of aromatic nitrogens is 1. The molecule has 1 aromatic carbocycles. The zero-order valence-corrected chi connectivity index (χ0v) is 21.4. The Labute approximate surface area is 205 Å². The molecule has 0 spiro atoms. The molecule has 0 unspecified atom stereocenters. The van der Waals surface area contributed by atoms with E-state index in [-0.39, 0.29) is 17.3 Å². The van der Waals surface area contributed by atoms with Crippen LogP contribution < -0.4 is 10.6 Å². The van der Waals surface area contributed by atoms with Crippen LogP contribution in [0.25, 0.3) is 0 Å². The lowest BCUT2D eigenvalue weighted by atomic mass is 10.3. The number of carbonyl (C=O) groups is 1. The first kappa shape index (κ1) is 32.0. The van der Waals surface area contributed by atoms with Crippen molar-refractivity contribution in [2.75, 3.05) is 37.6 Å². The van der Waals surface area contributed by atoms with E-state index in [0.29, 0.717) is 43.8 Å². The average molecular weight is 568 g/mol. The summed E-state index contributed by atoms with van der Waals surface area (Å²) in [5, 5.41) is 6.80. The van der Waals surface area contributed by atoms with Gasteiger partial charge in [0, 0.05) is 30.8 Å². The van der Waals surface area contributed by atoms with Gasteiger partial charge < -0.3 is 15.4 Å². The molecule has 0 fully saturated rings. The van der Waals surface area contributed by atoms with E-state index in [4.69, 9.17) is 25.4 Å². The van der Waals surface area contributed by atoms with Gasteiger partial charge in [0.2, 0.25) is 0 Å². The third kappa shape index (κ3) is 17.5. The molecule has 194 valence electrons. The summed E-state index contributed by atoms with van der Waals surface area (Å²) in [4.78, 5) is 16.0. The summed E-state index contributed by atoms with van der Waals surface area (Å²) < 4.78 is 83.7. The lowest BCUT2D eigenvalue weighted by Crippen LogP contribution is -2.25. The van der Waals surface area contributed by atoms with E-state index in [2.05, 4.69) is 15.6 Å². The topological polar surface area (TPSA) is 172 Å². The fourth-order valence-corrected chi connectivity index (χ4v) is 2.62. The standard InChI is InChI=1S/C15H16ClF2N3O2S.2CH4O3S/c1-2-23-5-3-4-19-14(22)12-8-24-15(21-12)20-9-6-10(17)13(16)11(18)7-9;2*1-5(2,3)4/h6-8H,2-5H2,1H3,(H,19,22)(H,20,21);2*1H3,(H,2,3,4). The van der Waals surface area contributed by atoms with E-state index in [0.717, 1.165) is 23.5 Å². The zero-order valence-electron chi connectivity index (χ0n) is 18.2. The smallest absolute Gasteiger partial charge is 0.270 e. The normalized spacial score (nSPS) is 10.9. The summed E-state index contributed by atoms with van der Waals surface area (Å²) in [5.41, 5.74) is 0.390. The van der Waals surface area contributed by atoms with E-state index < -0.39 is 36.9 Å². The van der Waals surface area contributed by atoms with Gasteiger partial charge in [-0.3, -0.25) is 13.9 Å². The number of nitrogens with one attached hydrogen (secondary N) is 2. The summed E-state index contributed by atoms with van der Waals surface area (Å²) in [7, 11) is -7.33. The van der Waals surface area contributed by atoms with Gasteiger partial charge in [0.25, 0.3) is 26.1 Å². The van der Waals surface area contributed by atoms with Gasteiger partial charge in [0.15, 0.2) is 5.13 Å². The second kappa shape index (κ2) is 15.1. The molecule has 0 bridgehead atoms. The second-order valence-electron chi connectivity index (χ2n) is 6.19. The van der Waals surface area contributed by atoms with Gasteiger partial charge in [-0.2, -0.15) is 16.8 Å². The van der Waals surface area contributed by atoms with Gasteiger partial charge in [-0.1, -0.05) is 11.6 Å². The molecule has 0 atom stereocenters. The minimum absolute atomic E-state index is 0.160. The summed E-state index contributed by atoms with van der Waals surface area (Å²) in [6, 6.07) is 2.11. The predicted octanol–water partition coefficient (Wildman–Crippen LogP) is 2.98. The molecule has 2 aromatic rings. The summed E-state index contributed by atoms with van der Waals surface area (Å²) in [5.74, 6) is -2.06. The molecule has 34 heavy (non-hydrogen) atoms. The Balaban J connectivity index is 0.000000916. The van der Waals surface area contributed by atoms with Crippen molar-refractivity contribution in [3.05, 3.63) is 39.9 Å². The van der Waals surface area contributed by atoms with Crippen LogP contribution in [-0.2, 0) is 25.0 Å². The van der Waals surface area contributed by atoms with E-state index in [1.165, 1.54) is 0 Å². The largest absolute Gasteiger partial charge is 0.382 e. The second-order valence-corrected chi connectivity index (χ2v) is 10.4. The molecule has 11 nitrogen and oxygen atoms in total. The average Bonchev–Trinajstić information content (AvgIpc) is 3.11. The molecule has 1 aromatic heterocycles. The van der Waals surface area contributed by atoms with Crippen LogP contribution in [0.3, 0.4) is 0 Å². The fourth-order valence-electron chi connectivity index (χ4n) is 1.80. The maximum atomic E-state index is 13.4. The maximum Gasteiger partial charge on any atom is 0.270 e. The number of nitrogens with zero attached hydrogens (tertiary/aromatic N) is 1. The summed E-state index contributed by atoms with van der Waals surface area (Å²) in [6.45, 7) is 3.60. The van der Waals surface area contributed by atoms with Crippen molar-refractivity contribution >= 4 is 59.9 Å². The van der Waals surface area contributed by atoms with Crippen LogP contribution in [0.4, 0.5) is 19.6 Å². The minimum Gasteiger partial charge on any atom is -0.382 e. The van der Waals surface area contributed by atoms with Crippen LogP contribution in [0.5, 0.6) is 0 Å². The molecule has 4 N–H and O–H groups in total. The lowest BCUT2D eigenvalue weighted by molar-refractivity contribution is 0.0940. The van der Waals surface area contributed by atoms with E-state index in [9.17, 15) is 30.4 Å². The van der Waals surface area contributed by atoms with Gasteiger partial charge in [0.05, 0.1) is 12.5 Å². The molecule has 0 saturated carbocycles. The SMILES string of the molecule is CCOCCCNC(=O)c1csc(Nc2cc(F)c(Cl)c(F)c2)n1.CS(=O)(=O)O.CS(=O)(=O)O. The molecular formula is C17H24ClF2N3O8S3. The highest BCUT2D eigenvalue weighted by Gasteiger charge is 2.13. The molecule has 0 radical (unpaired) electrons. The Kier molecular flexibility index (Phi) is 14.3. The number of anilines is 2. The van der Waals surface area contributed by atoms with Crippen molar-refractivity contribution in [1.82, 2.24) is 10.3 Å². The Hall–Kier alpha value is -1.95. The third-order valence-electron chi connectivity index (χ3n) is 2.93. The monoisotopic (exact) mass is 567 g/mol. The summed E-state index contributed by atoms with van der Waals surface area (Å²) >= 11 is 6.58. The molecular weight excluding hydrogens is 544 g/mol. The molecule has 0 aliphatic heterocycles. The number of hydrogen-bond acceptors (Lipinski definition) is 9. The summed E-state index contributed by atoms with van der Waals surface area (Å²) in [6.07, 6.45) is 2.14. The quantitative estimate of drug-likeness (QED) is 0.211. The molecule has 0 aliphatic rings. The molecule has 1 amide bonds. The number of benzene rings is 1. The van der Waals surface area contributed by atoms with E-state index >= 15 is 0 Å². The van der Waals surface area contributed by atoms with Crippen LogP contribution in [0, 0.1) is 11.6 Å². The highest BCUT2D eigenvalue weighted by Crippen LogP contribution is 2.26. The molecule has 17 heteroatoms. The highest BCUT2D eigenvalue weighted by molar-refractivity contribution is 7.85. The first-order valence-corrected chi connectivity index (χ1v) is 14.0. The maximum absolute atomic E-state index is 13.4. The van der Waals surface area contributed by atoms with Crippen LogP contribution in [-0.4, -0.2) is 69.1 Å². The minimum atomic E-state index is -3.67. The molecule has 1 heterocycles. The zero-order chi connectivity index (χ0) is 26.5. The van der Waals surface area contributed by atoms with Crippen molar-refractivity contribution < 1.29 is 44.3 Å². The van der Waals surface area contributed by atoms with Crippen LogP contribution in [0.1, 0.15) is 23.8 Å². The van der Waals surface area contributed by atoms with Gasteiger partial charge in [-0.25, -0.2) is 13.8 Å². The number of carbonyl (C=O) groups excluding carboxylic acids is 1. The highest BCUT2D eigenvalue weighted by atomic mass is 35.5. The van der Waals surface area contributed by atoms with E-state index in [1.807, 2.05) is 6.92 Å². The molecule has 2 rings (SSSR count). The number of amides is 1. The Morgan fingerprint density at radius 2 is 1.65 bits per heavy atom. The van der Waals surface area contributed by atoms with Gasteiger partial charge in [-0.15, -0.1) is 11.3 Å². The van der Waals surface area contributed by atoms with Crippen LogP contribution >= 0.6 is 22.9 Å². The van der Waals surface area contributed by atoms with Crippen LogP contribution in [0.15, 0.2) is 17.5 Å². The Morgan fingerprint density at radius 1 is 1.15 bits per heavy atom.